The molecule has 188 valence electrons. The van der Waals surface area contributed by atoms with E-state index in [1.807, 2.05) is 9.80 Å². The number of carbonyl (C=O) groups excluding carboxylic acids is 2. The van der Waals surface area contributed by atoms with Crippen LogP contribution in [0.5, 0.6) is 5.75 Å². The van der Waals surface area contributed by atoms with Gasteiger partial charge in [0.25, 0.3) is 0 Å². The zero-order valence-corrected chi connectivity index (χ0v) is 19.2. The normalized spacial score (nSPS) is 21.5. The third kappa shape index (κ3) is 4.78. The fraction of sp³-hybridized carbons (Fsp3) is 0.565. The van der Waals surface area contributed by atoms with E-state index in [4.69, 9.17) is 0 Å². The van der Waals surface area contributed by atoms with E-state index in [2.05, 4.69) is 24.7 Å². The Morgan fingerprint density at radius 2 is 2.00 bits per heavy atom. The van der Waals surface area contributed by atoms with Gasteiger partial charge < -0.3 is 19.3 Å². The Bertz CT molecular complexity index is 1090. The molecule has 2 amide bonds. The number of hydrogen-bond acceptors (Lipinski definition) is 6. The number of esters is 1. The van der Waals surface area contributed by atoms with E-state index in [0.29, 0.717) is 44.1 Å². The van der Waals surface area contributed by atoms with Gasteiger partial charge in [-0.2, -0.15) is 5.10 Å². The smallest absolute Gasteiger partial charge is 0.465 e. The molecular formula is C23H26F3N5O4. The van der Waals surface area contributed by atoms with Crippen molar-refractivity contribution in [1.82, 2.24) is 25.0 Å². The summed E-state index contributed by atoms with van der Waals surface area (Å²) in [6, 6.07) is 4.26. The van der Waals surface area contributed by atoms with Crippen LogP contribution in [0.1, 0.15) is 46.9 Å². The number of halogens is 3. The molecule has 0 unspecified atom stereocenters. The van der Waals surface area contributed by atoms with Crippen molar-refractivity contribution in [2.24, 2.45) is 11.3 Å². The SMILES string of the molecule is COC(=O)c1ccc(CC2CC3(C2)CN(C(=O)N2CC[C@H](c4ncn[nH]4)C2)C3)cc1OC(F)(F)F. The fourth-order valence-electron chi connectivity index (χ4n) is 5.75. The summed E-state index contributed by atoms with van der Waals surface area (Å²) >= 11 is 0. The van der Waals surface area contributed by atoms with Crippen molar-refractivity contribution >= 4 is 12.0 Å². The molecule has 1 saturated carbocycles. The number of amides is 2. The standard InChI is InChI=1S/C23H26F3N5O4/c1-34-20(32)17-3-2-14(7-18(17)35-23(24,25)26)6-15-8-22(9-15)11-31(12-22)21(33)30-5-4-16(10-30)19-27-13-28-29-19/h2-3,7,13,15-16H,4-6,8-12H2,1H3,(H,27,28,29)/t16-/m0/s1. The van der Waals surface area contributed by atoms with Crippen LogP contribution in [0.2, 0.25) is 0 Å². The predicted octanol–water partition coefficient (Wildman–Crippen LogP) is 3.35. The van der Waals surface area contributed by atoms with Crippen molar-refractivity contribution in [2.75, 3.05) is 33.3 Å². The number of alkyl halides is 3. The molecule has 12 heteroatoms. The molecule has 0 radical (unpaired) electrons. The highest BCUT2D eigenvalue weighted by Crippen LogP contribution is 2.53. The van der Waals surface area contributed by atoms with Crippen LogP contribution in [0, 0.1) is 11.3 Å². The Hall–Kier alpha value is -3.31. The molecule has 35 heavy (non-hydrogen) atoms. The Morgan fingerprint density at radius 1 is 1.23 bits per heavy atom. The minimum Gasteiger partial charge on any atom is -0.465 e. The van der Waals surface area contributed by atoms with Gasteiger partial charge in [-0.05, 0) is 49.3 Å². The molecular weight excluding hydrogens is 467 g/mol. The minimum absolute atomic E-state index is 0.0495. The van der Waals surface area contributed by atoms with Crippen LogP contribution in [-0.2, 0) is 11.2 Å². The van der Waals surface area contributed by atoms with Gasteiger partial charge in [0.05, 0.1) is 7.11 Å². The van der Waals surface area contributed by atoms with Crippen molar-refractivity contribution < 1.29 is 32.2 Å². The maximum Gasteiger partial charge on any atom is 0.573 e. The lowest BCUT2D eigenvalue weighted by molar-refractivity contribution is -0.274. The van der Waals surface area contributed by atoms with E-state index >= 15 is 0 Å². The number of carbonyl (C=O) groups is 2. The molecule has 9 nitrogen and oxygen atoms in total. The monoisotopic (exact) mass is 493 g/mol. The molecule has 3 heterocycles. The van der Waals surface area contributed by atoms with Crippen LogP contribution in [0.15, 0.2) is 24.5 Å². The van der Waals surface area contributed by atoms with Crippen molar-refractivity contribution in [3.05, 3.63) is 41.5 Å². The highest BCUT2D eigenvalue weighted by molar-refractivity contribution is 5.92. The van der Waals surface area contributed by atoms with Gasteiger partial charge in [0.15, 0.2) is 0 Å². The molecule has 1 aliphatic carbocycles. The van der Waals surface area contributed by atoms with Gasteiger partial charge >= 0.3 is 18.4 Å². The lowest BCUT2D eigenvalue weighted by Crippen LogP contribution is -2.65. The van der Waals surface area contributed by atoms with Gasteiger partial charge in [0.2, 0.25) is 0 Å². The number of likely N-dealkylation sites (tertiary alicyclic amines) is 2. The van der Waals surface area contributed by atoms with Crippen molar-refractivity contribution in [3.8, 4) is 5.75 Å². The van der Waals surface area contributed by atoms with E-state index in [0.717, 1.165) is 32.2 Å². The van der Waals surface area contributed by atoms with Gasteiger partial charge in [-0.15, -0.1) is 13.2 Å². The van der Waals surface area contributed by atoms with Gasteiger partial charge in [-0.3, -0.25) is 5.10 Å². The first-order valence-corrected chi connectivity index (χ1v) is 11.5. The average molecular weight is 493 g/mol. The Morgan fingerprint density at radius 3 is 2.66 bits per heavy atom. The Balaban J connectivity index is 1.13. The van der Waals surface area contributed by atoms with E-state index < -0.39 is 18.1 Å². The number of urea groups is 1. The summed E-state index contributed by atoms with van der Waals surface area (Å²) in [6.45, 7) is 2.73. The zero-order valence-electron chi connectivity index (χ0n) is 19.2. The minimum atomic E-state index is -4.91. The second-order valence-electron chi connectivity index (χ2n) is 9.79. The third-order valence-electron chi connectivity index (χ3n) is 7.25. The average Bonchev–Trinajstić information content (AvgIpc) is 3.44. The maximum atomic E-state index is 12.9. The number of rotatable bonds is 5. The maximum absolute atomic E-state index is 12.9. The van der Waals surface area contributed by atoms with Gasteiger partial charge in [-0.25, -0.2) is 14.6 Å². The summed E-state index contributed by atoms with van der Waals surface area (Å²) in [5.41, 5.74) is 0.501. The Labute approximate surface area is 199 Å². The summed E-state index contributed by atoms with van der Waals surface area (Å²) in [6.07, 6.45) is -0.178. The second-order valence-corrected chi connectivity index (χ2v) is 9.79. The van der Waals surface area contributed by atoms with Gasteiger partial charge in [-0.1, -0.05) is 6.07 Å². The van der Waals surface area contributed by atoms with E-state index in [-0.39, 0.29) is 22.9 Å². The first-order valence-electron chi connectivity index (χ1n) is 11.5. The number of hydrogen-bond donors (Lipinski definition) is 1. The van der Waals surface area contributed by atoms with Crippen LogP contribution >= 0.6 is 0 Å². The topological polar surface area (TPSA) is 101 Å². The number of H-pyrrole nitrogens is 1. The molecule has 2 aromatic rings. The molecule has 5 rings (SSSR count). The molecule has 1 atom stereocenters. The summed E-state index contributed by atoms with van der Waals surface area (Å²) in [4.78, 5) is 32.6. The summed E-state index contributed by atoms with van der Waals surface area (Å²) in [7, 11) is 1.10. The molecule has 3 aliphatic rings. The second kappa shape index (κ2) is 8.72. The zero-order chi connectivity index (χ0) is 24.8. The van der Waals surface area contributed by atoms with Gasteiger partial charge in [0, 0.05) is 37.5 Å². The summed E-state index contributed by atoms with van der Waals surface area (Å²) in [5.74, 6) is -0.141. The number of aromatic amines is 1. The van der Waals surface area contributed by atoms with E-state index in [1.165, 1.54) is 18.5 Å². The molecule has 1 aromatic heterocycles. The number of ether oxygens (including phenoxy) is 2. The fourth-order valence-corrected chi connectivity index (χ4v) is 5.75. The lowest BCUT2D eigenvalue weighted by Gasteiger charge is -2.59. The molecule has 2 saturated heterocycles. The third-order valence-corrected chi connectivity index (χ3v) is 7.25. The lowest BCUT2D eigenvalue weighted by atomic mass is 9.56. The quantitative estimate of drug-likeness (QED) is 0.642. The molecule has 1 aromatic carbocycles. The van der Waals surface area contributed by atoms with Crippen LogP contribution in [0.4, 0.5) is 18.0 Å². The van der Waals surface area contributed by atoms with Crippen LogP contribution in [-0.4, -0.2) is 76.6 Å². The van der Waals surface area contributed by atoms with Crippen molar-refractivity contribution in [1.29, 1.82) is 0 Å². The summed E-state index contributed by atoms with van der Waals surface area (Å²) in [5, 5.41) is 6.76. The van der Waals surface area contributed by atoms with Gasteiger partial charge in [0.1, 0.15) is 23.5 Å². The first-order chi connectivity index (χ1) is 16.6. The Kier molecular flexibility index (Phi) is 5.84. The van der Waals surface area contributed by atoms with Crippen LogP contribution in [0.25, 0.3) is 0 Å². The van der Waals surface area contributed by atoms with Crippen LogP contribution in [0.3, 0.4) is 0 Å². The molecule has 3 fully saturated rings. The number of methoxy groups -OCH3 is 1. The summed E-state index contributed by atoms with van der Waals surface area (Å²) < 4.78 is 47.0. The molecule has 1 N–H and O–H groups in total. The molecule has 1 spiro atoms. The molecule has 2 aliphatic heterocycles. The number of nitrogens with zero attached hydrogens (tertiary/aromatic N) is 4. The van der Waals surface area contributed by atoms with Crippen molar-refractivity contribution in [3.63, 3.8) is 0 Å². The first kappa shape index (κ1) is 23.4. The van der Waals surface area contributed by atoms with Crippen LogP contribution < -0.4 is 4.74 Å². The van der Waals surface area contributed by atoms with Crippen molar-refractivity contribution in [2.45, 2.75) is 38.0 Å². The highest BCUT2D eigenvalue weighted by Gasteiger charge is 2.54. The molecule has 0 bridgehead atoms. The van der Waals surface area contributed by atoms with E-state index in [9.17, 15) is 22.8 Å². The number of nitrogens with one attached hydrogen (secondary N) is 1. The number of aromatic nitrogens is 3. The largest absolute Gasteiger partial charge is 0.573 e. The predicted molar refractivity (Wildman–Crippen MR) is 116 cm³/mol. The number of benzene rings is 1. The van der Waals surface area contributed by atoms with E-state index in [1.54, 1.807) is 6.07 Å². The highest BCUT2D eigenvalue weighted by atomic mass is 19.4.